The molecule has 4 rings (SSSR count). The Kier molecular flexibility index (Phi) is 7.89. The maximum Gasteiger partial charge on any atom is 0.279 e. The highest BCUT2D eigenvalue weighted by atomic mass is 35.5. The quantitative estimate of drug-likeness (QED) is 0.425. The van der Waals surface area contributed by atoms with Gasteiger partial charge in [-0.1, -0.05) is 29.4 Å². The first kappa shape index (κ1) is 25.1. The molecule has 3 aromatic rings. The Morgan fingerprint density at radius 3 is 2.50 bits per heavy atom. The minimum Gasteiger partial charge on any atom is -0.380 e. The van der Waals surface area contributed by atoms with Crippen molar-refractivity contribution >= 4 is 49.1 Å². The topological polar surface area (TPSA) is 81.0 Å². The summed E-state index contributed by atoms with van der Waals surface area (Å²) in [5.74, 6) is -0.428. The van der Waals surface area contributed by atoms with E-state index in [9.17, 15) is 13.2 Å². The van der Waals surface area contributed by atoms with E-state index in [1.165, 1.54) is 39.9 Å². The first-order valence-corrected chi connectivity index (χ1v) is 14.0. The van der Waals surface area contributed by atoms with Crippen LogP contribution < -0.4 is 4.80 Å². The summed E-state index contributed by atoms with van der Waals surface area (Å²) in [7, 11) is -3.55. The lowest BCUT2D eigenvalue weighted by Gasteiger charge is -2.25. The number of thiazole rings is 1. The van der Waals surface area contributed by atoms with Crippen molar-refractivity contribution in [3.63, 3.8) is 0 Å². The van der Waals surface area contributed by atoms with Gasteiger partial charge in [0.1, 0.15) is 0 Å². The fourth-order valence-electron chi connectivity index (χ4n) is 4.08. The number of carbonyl (C=O) groups excluding carboxylic acids is 1. The average Bonchev–Trinajstić information content (AvgIpc) is 3.20. The molecule has 0 radical (unpaired) electrons. The Morgan fingerprint density at radius 1 is 1.12 bits per heavy atom. The Bertz CT molecular complexity index is 1360. The number of amides is 1. The van der Waals surface area contributed by atoms with E-state index in [0.29, 0.717) is 48.2 Å². The summed E-state index contributed by atoms with van der Waals surface area (Å²) in [4.78, 5) is 18.1. The fraction of sp³-hybridized carbons (Fsp3) is 0.417. The second-order valence-electron chi connectivity index (χ2n) is 8.16. The minimum atomic E-state index is -3.55. The molecule has 0 N–H and O–H groups in total. The van der Waals surface area contributed by atoms with Crippen LogP contribution in [0.2, 0.25) is 5.02 Å². The standard InChI is InChI=1S/C24H28ClN3O4S2/c1-3-32-16-15-28-22-17(2)20(25)11-12-21(22)33-24(28)26-23(29)18-7-9-19(10-8-18)34(30,31)27-13-5-4-6-14-27/h7-12H,3-6,13-16H2,1-2H3. The lowest BCUT2D eigenvalue weighted by Crippen LogP contribution is -2.35. The molecule has 1 fully saturated rings. The van der Waals surface area contributed by atoms with Crippen LogP contribution in [0.1, 0.15) is 42.1 Å². The minimum absolute atomic E-state index is 0.199. The third-order valence-electron chi connectivity index (χ3n) is 5.94. The number of carbonyl (C=O) groups is 1. The molecule has 0 spiro atoms. The molecule has 1 aliphatic rings. The molecule has 1 saturated heterocycles. The molecule has 34 heavy (non-hydrogen) atoms. The van der Waals surface area contributed by atoms with Gasteiger partial charge < -0.3 is 9.30 Å². The van der Waals surface area contributed by atoms with Crippen LogP contribution in [-0.2, 0) is 21.3 Å². The molecule has 0 aliphatic carbocycles. The van der Waals surface area contributed by atoms with Crippen LogP contribution in [0.3, 0.4) is 0 Å². The number of rotatable bonds is 7. The van der Waals surface area contributed by atoms with Crippen LogP contribution in [0.25, 0.3) is 10.2 Å². The molecule has 0 atom stereocenters. The van der Waals surface area contributed by atoms with Crippen molar-refractivity contribution in [3.05, 3.63) is 57.3 Å². The van der Waals surface area contributed by atoms with Crippen molar-refractivity contribution in [3.8, 4) is 0 Å². The number of aryl methyl sites for hydroxylation is 1. The number of piperidine rings is 1. The summed E-state index contributed by atoms with van der Waals surface area (Å²) in [6, 6.07) is 9.81. The normalized spacial score (nSPS) is 15.8. The SMILES string of the molecule is CCOCCn1c(=NC(=O)c2ccc(S(=O)(=O)N3CCCCC3)cc2)sc2ccc(Cl)c(C)c21. The molecule has 182 valence electrons. The van der Waals surface area contributed by atoms with E-state index >= 15 is 0 Å². The van der Waals surface area contributed by atoms with Crippen molar-refractivity contribution < 1.29 is 17.9 Å². The van der Waals surface area contributed by atoms with Crippen molar-refractivity contribution in [2.24, 2.45) is 4.99 Å². The summed E-state index contributed by atoms with van der Waals surface area (Å²) >= 11 is 7.76. The molecule has 0 unspecified atom stereocenters. The summed E-state index contributed by atoms with van der Waals surface area (Å²) in [5, 5.41) is 0.652. The zero-order chi connectivity index (χ0) is 24.3. The summed E-state index contributed by atoms with van der Waals surface area (Å²) < 4.78 is 35.8. The number of benzene rings is 2. The number of hydrogen-bond donors (Lipinski definition) is 0. The van der Waals surface area contributed by atoms with E-state index in [1.807, 2.05) is 30.5 Å². The molecule has 1 aromatic heterocycles. The number of aromatic nitrogens is 1. The molecule has 2 heterocycles. The van der Waals surface area contributed by atoms with Gasteiger partial charge in [-0.3, -0.25) is 4.79 Å². The Morgan fingerprint density at radius 2 is 1.82 bits per heavy atom. The number of sulfonamides is 1. The van der Waals surface area contributed by atoms with Gasteiger partial charge in [-0.2, -0.15) is 9.30 Å². The highest BCUT2D eigenvalue weighted by Crippen LogP contribution is 2.27. The predicted molar refractivity (Wildman–Crippen MR) is 135 cm³/mol. The smallest absolute Gasteiger partial charge is 0.279 e. The number of fused-ring (bicyclic) bond motifs is 1. The number of nitrogens with zero attached hydrogens (tertiary/aromatic N) is 3. The fourth-order valence-corrected chi connectivity index (χ4v) is 6.87. The number of hydrogen-bond acceptors (Lipinski definition) is 5. The summed E-state index contributed by atoms with van der Waals surface area (Å²) in [6.45, 7) is 6.57. The van der Waals surface area contributed by atoms with E-state index in [-0.39, 0.29) is 4.90 Å². The van der Waals surface area contributed by atoms with Crippen molar-refractivity contribution in [2.45, 2.75) is 44.6 Å². The van der Waals surface area contributed by atoms with Gasteiger partial charge in [-0.25, -0.2) is 8.42 Å². The first-order valence-electron chi connectivity index (χ1n) is 11.4. The second-order valence-corrected chi connectivity index (χ2v) is 11.5. The van der Waals surface area contributed by atoms with Crippen LogP contribution >= 0.6 is 22.9 Å². The highest BCUT2D eigenvalue weighted by molar-refractivity contribution is 7.89. The summed E-state index contributed by atoms with van der Waals surface area (Å²) in [6.07, 6.45) is 2.80. The molecular weight excluding hydrogens is 494 g/mol. The molecule has 2 aromatic carbocycles. The van der Waals surface area contributed by atoms with Crippen molar-refractivity contribution in [1.29, 1.82) is 0 Å². The maximum atomic E-state index is 13.0. The third kappa shape index (κ3) is 5.13. The zero-order valence-corrected chi connectivity index (χ0v) is 21.7. The van der Waals surface area contributed by atoms with Crippen LogP contribution in [-0.4, -0.2) is 49.5 Å². The van der Waals surface area contributed by atoms with E-state index < -0.39 is 15.9 Å². The van der Waals surface area contributed by atoms with E-state index in [4.69, 9.17) is 16.3 Å². The zero-order valence-electron chi connectivity index (χ0n) is 19.3. The van der Waals surface area contributed by atoms with E-state index in [0.717, 1.165) is 35.0 Å². The molecule has 0 bridgehead atoms. The largest absolute Gasteiger partial charge is 0.380 e. The van der Waals surface area contributed by atoms with Crippen LogP contribution in [0.4, 0.5) is 0 Å². The Balaban J connectivity index is 1.66. The number of ether oxygens (including phenoxy) is 1. The van der Waals surface area contributed by atoms with Crippen LogP contribution in [0, 0.1) is 6.92 Å². The van der Waals surface area contributed by atoms with Crippen LogP contribution in [0.5, 0.6) is 0 Å². The monoisotopic (exact) mass is 521 g/mol. The van der Waals surface area contributed by atoms with Gasteiger partial charge in [0.15, 0.2) is 4.80 Å². The first-order chi connectivity index (χ1) is 16.3. The van der Waals surface area contributed by atoms with E-state index in [1.54, 1.807) is 0 Å². The van der Waals surface area contributed by atoms with Gasteiger partial charge in [0.2, 0.25) is 10.0 Å². The molecular formula is C24H28ClN3O4S2. The molecule has 10 heteroatoms. The average molecular weight is 522 g/mol. The van der Waals surface area contributed by atoms with Gasteiger partial charge >= 0.3 is 0 Å². The van der Waals surface area contributed by atoms with Gasteiger partial charge in [0, 0.05) is 36.8 Å². The van der Waals surface area contributed by atoms with E-state index in [2.05, 4.69) is 4.99 Å². The molecule has 0 saturated carbocycles. The third-order valence-corrected chi connectivity index (χ3v) is 9.31. The molecule has 1 amide bonds. The van der Waals surface area contributed by atoms with Gasteiger partial charge in [0.05, 0.1) is 21.7 Å². The molecule has 1 aliphatic heterocycles. The Labute approximate surface area is 208 Å². The number of halogens is 1. The highest BCUT2D eigenvalue weighted by Gasteiger charge is 2.26. The maximum absolute atomic E-state index is 13.0. The van der Waals surface area contributed by atoms with Gasteiger partial charge in [-0.05, 0) is 68.7 Å². The Hall–Kier alpha value is -2.04. The molecule has 7 nitrogen and oxygen atoms in total. The lowest BCUT2D eigenvalue weighted by molar-refractivity contribution is 0.0996. The van der Waals surface area contributed by atoms with Crippen molar-refractivity contribution in [2.75, 3.05) is 26.3 Å². The second kappa shape index (κ2) is 10.7. The van der Waals surface area contributed by atoms with Gasteiger partial charge in [0.25, 0.3) is 5.91 Å². The lowest BCUT2D eigenvalue weighted by atomic mass is 10.2. The summed E-state index contributed by atoms with van der Waals surface area (Å²) in [5.41, 5.74) is 2.20. The van der Waals surface area contributed by atoms with Crippen LogP contribution in [0.15, 0.2) is 46.3 Å². The van der Waals surface area contributed by atoms with Gasteiger partial charge in [-0.15, -0.1) is 0 Å². The predicted octanol–water partition coefficient (Wildman–Crippen LogP) is 4.62. The van der Waals surface area contributed by atoms with Crippen molar-refractivity contribution in [1.82, 2.24) is 8.87 Å².